The van der Waals surface area contributed by atoms with Crippen LogP contribution in [-0.4, -0.2) is 33.4 Å². The molecular formula is C27H27FN2O3. The van der Waals surface area contributed by atoms with E-state index in [1.165, 1.54) is 12.1 Å². The predicted molar refractivity (Wildman–Crippen MR) is 123 cm³/mol. The minimum Gasteiger partial charge on any atom is -0.478 e. The lowest BCUT2D eigenvalue weighted by molar-refractivity contribution is -0.132. The zero-order valence-electron chi connectivity index (χ0n) is 18.4. The Balaban J connectivity index is 1.49. The van der Waals surface area contributed by atoms with Gasteiger partial charge in [-0.15, -0.1) is 0 Å². The second-order valence-corrected chi connectivity index (χ2v) is 8.39. The molecule has 1 saturated heterocycles. The van der Waals surface area contributed by atoms with Crippen molar-refractivity contribution in [2.45, 2.75) is 44.6 Å². The van der Waals surface area contributed by atoms with E-state index in [0.717, 1.165) is 29.7 Å². The van der Waals surface area contributed by atoms with Crippen LogP contribution < -0.4 is 0 Å². The first-order valence-corrected chi connectivity index (χ1v) is 11.3. The number of hydrogen-bond donors (Lipinski definition) is 1. The second-order valence-electron chi connectivity index (χ2n) is 8.39. The molecule has 0 aliphatic carbocycles. The zero-order chi connectivity index (χ0) is 23.2. The van der Waals surface area contributed by atoms with Gasteiger partial charge in [0.05, 0.1) is 23.0 Å². The van der Waals surface area contributed by atoms with Crippen LogP contribution in [0, 0.1) is 5.82 Å². The lowest BCUT2D eigenvalue weighted by Gasteiger charge is -2.25. The summed E-state index contributed by atoms with van der Waals surface area (Å²) in [5, 5.41) is 9.62. The Kier molecular flexibility index (Phi) is 7.13. The number of aryl methyl sites for hydroxylation is 3. The molecule has 33 heavy (non-hydrogen) atoms. The summed E-state index contributed by atoms with van der Waals surface area (Å²) in [4.78, 5) is 31.3. The van der Waals surface area contributed by atoms with Crippen molar-refractivity contribution in [3.05, 3.63) is 101 Å². The Labute approximate surface area is 192 Å². The number of likely N-dealkylation sites (tertiary alicyclic amines) is 1. The standard InChI is InChI=1S/C27H27FN2O3/c28-21-12-8-20(9-13-21)10-15-23-22(27(32)33)14-16-24(29-23)25-7-4-18-30(25)26(31)17-11-19-5-2-1-3-6-19/h1-3,5-6,8-9,12-14,16,25H,4,7,10-11,15,17-18H2,(H,32,33). The van der Waals surface area contributed by atoms with Gasteiger partial charge in [-0.3, -0.25) is 9.78 Å². The Hall–Kier alpha value is -3.54. The number of hydrogen-bond acceptors (Lipinski definition) is 3. The molecule has 1 unspecified atom stereocenters. The van der Waals surface area contributed by atoms with Gasteiger partial charge in [0, 0.05) is 13.0 Å². The molecule has 1 N–H and O–H groups in total. The summed E-state index contributed by atoms with van der Waals surface area (Å²) in [5.41, 5.74) is 3.44. The van der Waals surface area contributed by atoms with Crippen LogP contribution in [0.2, 0.25) is 0 Å². The molecule has 0 radical (unpaired) electrons. The normalized spacial score (nSPS) is 15.5. The first-order chi connectivity index (χ1) is 16.0. The van der Waals surface area contributed by atoms with E-state index in [0.29, 0.717) is 37.9 Å². The number of halogens is 1. The lowest BCUT2D eigenvalue weighted by Crippen LogP contribution is -2.31. The first-order valence-electron chi connectivity index (χ1n) is 11.3. The maximum atomic E-state index is 13.2. The van der Waals surface area contributed by atoms with Crippen molar-refractivity contribution in [1.82, 2.24) is 9.88 Å². The maximum absolute atomic E-state index is 13.2. The molecule has 0 saturated carbocycles. The predicted octanol–water partition coefficient (Wildman–Crippen LogP) is 5.00. The summed E-state index contributed by atoms with van der Waals surface area (Å²) in [5.74, 6) is -1.23. The number of carboxylic acid groups (broad SMARTS) is 1. The molecule has 170 valence electrons. The molecule has 1 atom stereocenters. The highest BCUT2D eigenvalue weighted by Crippen LogP contribution is 2.32. The first kappa shape index (κ1) is 22.6. The largest absolute Gasteiger partial charge is 0.478 e. The summed E-state index contributed by atoms with van der Waals surface area (Å²) in [6, 6.07) is 19.3. The maximum Gasteiger partial charge on any atom is 0.337 e. The van der Waals surface area contributed by atoms with Gasteiger partial charge in [-0.2, -0.15) is 0 Å². The lowest BCUT2D eigenvalue weighted by atomic mass is 10.0. The van der Waals surface area contributed by atoms with Gasteiger partial charge in [-0.25, -0.2) is 9.18 Å². The van der Waals surface area contributed by atoms with E-state index in [-0.39, 0.29) is 23.3 Å². The van der Waals surface area contributed by atoms with Crippen LogP contribution in [0.25, 0.3) is 0 Å². The van der Waals surface area contributed by atoms with Gasteiger partial charge in [0.1, 0.15) is 5.82 Å². The molecule has 1 amide bonds. The monoisotopic (exact) mass is 446 g/mol. The van der Waals surface area contributed by atoms with Crippen LogP contribution in [-0.2, 0) is 24.1 Å². The molecule has 1 aliphatic rings. The fourth-order valence-electron chi connectivity index (χ4n) is 4.42. The molecule has 5 nitrogen and oxygen atoms in total. The summed E-state index contributed by atoms with van der Waals surface area (Å²) >= 11 is 0. The van der Waals surface area contributed by atoms with E-state index in [9.17, 15) is 19.1 Å². The Morgan fingerprint density at radius 1 is 0.939 bits per heavy atom. The SMILES string of the molecule is O=C(O)c1ccc(C2CCCN2C(=O)CCc2ccccc2)nc1CCc1ccc(F)cc1. The highest BCUT2D eigenvalue weighted by molar-refractivity contribution is 5.88. The quantitative estimate of drug-likeness (QED) is 0.529. The topological polar surface area (TPSA) is 70.5 Å². The number of aromatic carboxylic acids is 1. The number of carbonyl (C=O) groups is 2. The molecule has 2 heterocycles. The third-order valence-electron chi connectivity index (χ3n) is 6.17. The van der Waals surface area contributed by atoms with E-state index in [1.54, 1.807) is 24.3 Å². The number of carbonyl (C=O) groups excluding carboxylic acids is 1. The third-order valence-corrected chi connectivity index (χ3v) is 6.17. The molecule has 3 aromatic rings. The van der Waals surface area contributed by atoms with Crippen LogP contribution in [0.5, 0.6) is 0 Å². The molecule has 0 bridgehead atoms. The van der Waals surface area contributed by atoms with Crippen molar-refractivity contribution in [2.24, 2.45) is 0 Å². The molecule has 0 spiro atoms. The van der Waals surface area contributed by atoms with E-state index in [4.69, 9.17) is 4.98 Å². The average molecular weight is 447 g/mol. The molecule has 1 aliphatic heterocycles. The van der Waals surface area contributed by atoms with Gasteiger partial charge in [-0.05, 0) is 67.5 Å². The number of amides is 1. The summed E-state index contributed by atoms with van der Waals surface area (Å²) < 4.78 is 13.2. The second kappa shape index (κ2) is 10.4. The highest BCUT2D eigenvalue weighted by atomic mass is 19.1. The average Bonchev–Trinajstić information content (AvgIpc) is 3.33. The third kappa shape index (κ3) is 5.64. The Bertz CT molecular complexity index is 1120. The van der Waals surface area contributed by atoms with E-state index >= 15 is 0 Å². The number of benzene rings is 2. The molecule has 2 aromatic carbocycles. The van der Waals surface area contributed by atoms with Gasteiger partial charge in [-0.1, -0.05) is 42.5 Å². The van der Waals surface area contributed by atoms with Gasteiger partial charge >= 0.3 is 5.97 Å². The van der Waals surface area contributed by atoms with Crippen LogP contribution >= 0.6 is 0 Å². The number of nitrogens with zero attached hydrogens (tertiary/aromatic N) is 2. The number of pyridine rings is 1. The van der Waals surface area contributed by atoms with Crippen LogP contribution in [0.1, 0.15) is 58.2 Å². The fraction of sp³-hybridized carbons (Fsp3) is 0.296. The van der Waals surface area contributed by atoms with Gasteiger partial charge in [0.15, 0.2) is 0 Å². The number of rotatable bonds is 8. The number of aromatic nitrogens is 1. The van der Waals surface area contributed by atoms with Crippen molar-refractivity contribution in [2.75, 3.05) is 6.54 Å². The molecule has 6 heteroatoms. The molecule has 1 fully saturated rings. The van der Waals surface area contributed by atoms with Crippen molar-refractivity contribution in [3.63, 3.8) is 0 Å². The van der Waals surface area contributed by atoms with Crippen LogP contribution in [0.3, 0.4) is 0 Å². The van der Waals surface area contributed by atoms with Crippen molar-refractivity contribution >= 4 is 11.9 Å². The van der Waals surface area contributed by atoms with E-state index in [1.807, 2.05) is 35.2 Å². The van der Waals surface area contributed by atoms with Gasteiger partial charge in [0.2, 0.25) is 5.91 Å². The Morgan fingerprint density at radius 3 is 2.39 bits per heavy atom. The van der Waals surface area contributed by atoms with Crippen LogP contribution in [0.15, 0.2) is 66.7 Å². The molecule has 4 rings (SSSR count). The van der Waals surface area contributed by atoms with Crippen molar-refractivity contribution < 1.29 is 19.1 Å². The highest BCUT2D eigenvalue weighted by Gasteiger charge is 2.31. The molecular weight excluding hydrogens is 419 g/mol. The van der Waals surface area contributed by atoms with E-state index in [2.05, 4.69) is 0 Å². The smallest absolute Gasteiger partial charge is 0.337 e. The summed E-state index contributed by atoms with van der Waals surface area (Å²) in [6.07, 6.45) is 3.82. The summed E-state index contributed by atoms with van der Waals surface area (Å²) in [6.45, 7) is 0.686. The zero-order valence-corrected chi connectivity index (χ0v) is 18.4. The van der Waals surface area contributed by atoms with E-state index < -0.39 is 5.97 Å². The van der Waals surface area contributed by atoms with Gasteiger partial charge in [0.25, 0.3) is 0 Å². The fourth-order valence-corrected chi connectivity index (χ4v) is 4.42. The minimum absolute atomic E-state index is 0.0957. The van der Waals surface area contributed by atoms with Crippen molar-refractivity contribution in [3.8, 4) is 0 Å². The summed E-state index contributed by atoms with van der Waals surface area (Å²) in [7, 11) is 0. The number of carboxylic acids is 1. The van der Waals surface area contributed by atoms with Crippen LogP contribution in [0.4, 0.5) is 4.39 Å². The van der Waals surface area contributed by atoms with Gasteiger partial charge < -0.3 is 10.0 Å². The Morgan fingerprint density at radius 2 is 1.67 bits per heavy atom. The van der Waals surface area contributed by atoms with Crippen molar-refractivity contribution in [1.29, 1.82) is 0 Å². The molecule has 1 aromatic heterocycles. The minimum atomic E-state index is -1.02.